The van der Waals surface area contributed by atoms with E-state index in [0.29, 0.717) is 17.1 Å². The second kappa shape index (κ2) is 16.3. The third kappa shape index (κ3) is 8.43. The molecule has 0 bridgehead atoms. The maximum atomic E-state index is 12.6. The molecule has 298 valence electrons. The minimum atomic E-state index is -4.24. The molecule has 1 unspecified atom stereocenters. The molecule has 3 aromatic carbocycles. The van der Waals surface area contributed by atoms with Crippen molar-refractivity contribution in [3.05, 3.63) is 106 Å². The standard InChI is InChI=1S/C16H16N2O4S.C16H12N2.C6H6F3NS2.CH3NO2/c1-16(2)11(15(21)22)18-13(20)10(14(18)23-16)17-7-8-5-3-4-6-9(8)12(17)19;1-3-7-13-11(5-1)9-17-15(13)16-14-8-4-2-6-12(14)10-18-16;7-6(8,9)3-1-2-4(11)10-5(3)12;2-1(3)4/h3-6,10-11,14H,7H2,1-2H3,(H,21,22);1-8H,9-10H2;3H,1-2H2,(H,10,11,12);2H2,(H,3,4)/t10-,11+,14-;;;/m1.../s1. The average Bonchev–Trinajstić information content (AvgIpc) is 3.89. The Hall–Kier alpha value is -5.20. The number of fused-ring (bicyclic) bond motifs is 4. The molecule has 6 heterocycles. The van der Waals surface area contributed by atoms with Gasteiger partial charge in [-0.2, -0.15) is 13.2 Å². The number of alkyl halides is 3. The van der Waals surface area contributed by atoms with Crippen LogP contribution in [-0.4, -0.2) is 93.7 Å². The van der Waals surface area contributed by atoms with E-state index in [1.807, 2.05) is 32.0 Å². The molecule has 5 N–H and O–H groups in total. The van der Waals surface area contributed by atoms with Gasteiger partial charge in [-0.15, -0.1) is 11.8 Å². The van der Waals surface area contributed by atoms with Crippen LogP contribution in [0.25, 0.3) is 0 Å². The Kier molecular flexibility index (Phi) is 11.9. The number of primary amides is 1. The Labute approximate surface area is 340 Å². The minimum absolute atomic E-state index is 0.0197. The zero-order chi connectivity index (χ0) is 41.4. The Morgan fingerprint density at radius 2 is 1.37 bits per heavy atom. The van der Waals surface area contributed by atoms with Crippen LogP contribution >= 0.6 is 36.2 Å². The van der Waals surface area contributed by atoms with Gasteiger partial charge < -0.3 is 31.1 Å². The summed E-state index contributed by atoms with van der Waals surface area (Å²) in [5.74, 6) is -2.91. The summed E-state index contributed by atoms with van der Waals surface area (Å²) in [7, 11) is 0. The Morgan fingerprint density at radius 1 is 0.877 bits per heavy atom. The van der Waals surface area contributed by atoms with E-state index in [4.69, 9.17) is 22.1 Å². The van der Waals surface area contributed by atoms with Crippen LogP contribution in [-0.2, 0) is 29.2 Å². The molecule has 6 aliphatic heterocycles. The molecule has 0 radical (unpaired) electrons. The van der Waals surface area contributed by atoms with E-state index in [2.05, 4.69) is 81.8 Å². The maximum absolute atomic E-state index is 12.6. The molecule has 18 heteroatoms. The van der Waals surface area contributed by atoms with Crippen molar-refractivity contribution in [1.29, 1.82) is 0 Å². The second-order valence-electron chi connectivity index (χ2n) is 14.2. The smallest absolute Gasteiger partial charge is 0.402 e. The van der Waals surface area contributed by atoms with Gasteiger partial charge in [-0.25, -0.2) is 9.59 Å². The summed E-state index contributed by atoms with van der Waals surface area (Å²) >= 11 is 10.7. The maximum Gasteiger partial charge on any atom is 0.402 e. The summed E-state index contributed by atoms with van der Waals surface area (Å²) in [5, 5.41) is 18.7. The predicted molar refractivity (Wildman–Crippen MR) is 217 cm³/mol. The van der Waals surface area contributed by atoms with Gasteiger partial charge in [0, 0.05) is 28.0 Å². The largest absolute Gasteiger partial charge is 0.480 e. The number of nitrogens with two attached hydrogens (primary N) is 1. The van der Waals surface area contributed by atoms with Crippen molar-refractivity contribution in [2.75, 3.05) is 0 Å². The van der Waals surface area contributed by atoms with Gasteiger partial charge in [0.1, 0.15) is 23.4 Å². The van der Waals surface area contributed by atoms with E-state index in [-0.39, 0.29) is 35.0 Å². The highest BCUT2D eigenvalue weighted by atomic mass is 32.2. The van der Waals surface area contributed by atoms with E-state index in [0.717, 1.165) is 30.1 Å². The summed E-state index contributed by atoms with van der Waals surface area (Å²) in [6, 6.07) is 22.8. The number of aliphatic imine (C=N–C) groups is 2. The molecule has 12 nitrogen and oxygen atoms in total. The molecule has 0 aliphatic carbocycles. The number of thioether (sulfide) groups is 1. The molecule has 9 rings (SSSR count). The number of nitrogens with one attached hydrogen (secondary N) is 1. The topological polar surface area (TPSA) is 178 Å². The van der Waals surface area contributed by atoms with Gasteiger partial charge in [-0.1, -0.05) is 91.2 Å². The lowest BCUT2D eigenvalue weighted by Crippen LogP contribution is -2.70. The fourth-order valence-electron chi connectivity index (χ4n) is 7.47. The number of amides is 3. The minimum Gasteiger partial charge on any atom is -0.480 e. The quantitative estimate of drug-likeness (QED) is 0.181. The highest BCUT2D eigenvalue weighted by Gasteiger charge is 2.66. The SMILES string of the molecule is CC1(C)S[C@@H]2[C@H](N3Cc4ccccc4C3=O)C(=O)N2[C@H]1C(=O)O.FC(F)(F)C1CCC(=S)NC1=S.NC(=O)O.c1ccc2c(c1)CN=C2C1=NCc2ccccc21. The summed E-state index contributed by atoms with van der Waals surface area (Å²) in [6.07, 6.45) is -5.33. The monoisotopic (exact) mass is 838 g/mol. The number of thiocarbonyl (C=S) groups is 2. The number of hydrogen-bond acceptors (Lipinski definition) is 9. The van der Waals surface area contributed by atoms with Gasteiger partial charge in [0.05, 0.1) is 34.5 Å². The molecule has 0 aromatic heterocycles. The zero-order valence-electron chi connectivity index (χ0n) is 30.5. The van der Waals surface area contributed by atoms with Gasteiger partial charge in [0.2, 0.25) is 5.91 Å². The number of carboxylic acid groups (broad SMARTS) is 2. The van der Waals surface area contributed by atoms with Crippen molar-refractivity contribution in [3.63, 3.8) is 0 Å². The van der Waals surface area contributed by atoms with Crippen molar-refractivity contribution in [2.45, 2.75) is 74.7 Å². The van der Waals surface area contributed by atoms with Gasteiger partial charge in [-0.05, 0) is 49.4 Å². The molecule has 3 aromatic rings. The second-order valence-corrected chi connectivity index (χ2v) is 16.9. The van der Waals surface area contributed by atoms with Crippen molar-refractivity contribution >= 4 is 81.5 Å². The van der Waals surface area contributed by atoms with Crippen molar-refractivity contribution in [2.24, 2.45) is 21.6 Å². The molecule has 3 saturated heterocycles. The molecular weight excluding hydrogens is 802 g/mol. The van der Waals surface area contributed by atoms with Gasteiger partial charge in [0.15, 0.2) is 0 Å². The number of carboxylic acids is 1. The lowest BCUT2D eigenvalue weighted by atomic mass is 9.95. The highest BCUT2D eigenvalue weighted by molar-refractivity contribution is 8.01. The number of carbonyl (C=O) groups excluding carboxylic acids is 2. The van der Waals surface area contributed by atoms with E-state index in [1.165, 1.54) is 38.9 Å². The zero-order valence-corrected chi connectivity index (χ0v) is 33.0. The number of rotatable bonds is 3. The average molecular weight is 839 g/mol. The molecule has 3 amide bonds. The number of nitrogens with zero attached hydrogens (tertiary/aromatic N) is 4. The first kappa shape index (κ1) is 41.4. The van der Waals surface area contributed by atoms with Crippen LogP contribution in [0.5, 0.6) is 0 Å². The van der Waals surface area contributed by atoms with Crippen LogP contribution in [0.3, 0.4) is 0 Å². The van der Waals surface area contributed by atoms with Crippen LogP contribution in [0, 0.1) is 5.92 Å². The van der Waals surface area contributed by atoms with Crippen LogP contribution in [0.4, 0.5) is 18.0 Å². The van der Waals surface area contributed by atoms with Crippen molar-refractivity contribution in [1.82, 2.24) is 15.1 Å². The lowest BCUT2D eigenvalue weighted by molar-refractivity contribution is -0.163. The van der Waals surface area contributed by atoms with Crippen molar-refractivity contribution < 1.29 is 42.6 Å². The number of hydrogen-bond donors (Lipinski definition) is 4. The highest BCUT2D eigenvalue weighted by Crippen LogP contribution is 2.53. The third-order valence-corrected chi connectivity index (χ3v) is 12.3. The number of halogens is 3. The van der Waals surface area contributed by atoms with Crippen LogP contribution in [0.1, 0.15) is 64.9 Å². The van der Waals surface area contributed by atoms with Gasteiger partial charge in [0.25, 0.3) is 5.91 Å². The molecule has 0 saturated carbocycles. The number of benzene rings is 3. The van der Waals surface area contributed by atoms with E-state index in [1.54, 1.807) is 11.0 Å². The first-order valence-electron chi connectivity index (χ1n) is 17.7. The summed E-state index contributed by atoms with van der Waals surface area (Å²) in [5.41, 5.74) is 12.8. The number of piperidine rings is 1. The normalized spacial score (nSPS) is 23.3. The number of aliphatic carboxylic acids is 1. The molecule has 0 spiro atoms. The van der Waals surface area contributed by atoms with Crippen LogP contribution in [0.2, 0.25) is 0 Å². The fourth-order valence-corrected chi connectivity index (χ4v) is 9.83. The summed E-state index contributed by atoms with van der Waals surface area (Å²) < 4.78 is 35.9. The first-order valence-corrected chi connectivity index (χ1v) is 19.4. The molecular formula is C39H37F3N6O6S3. The third-order valence-electron chi connectivity index (χ3n) is 10.1. The predicted octanol–water partition coefficient (Wildman–Crippen LogP) is 5.98. The van der Waals surface area contributed by atoms with Crippen molar-refractivity contribution in [3.8, 4) is 0 Å². The van der Waals surface area contributed by atoms with Crippen LogP contribution < -0.4 is 11.1 Å². The molecule has 57 heavy (non-hydrogen) atoms. The Morgan fingerprint density at radius 3 is 1.84 bits per heavy atom. The van der Waals surface area contributed by atoms with E-state index >= 15 is 0 Å². The summed E-state index contributed by atoms with van der Waals surface area (Å²) in [6.45, 7) is 5.65. The lowest BCUT2D eigenvalue weighted by Gasteiger charge is -2.47. The molecule has 4 atom stereocenters. The van der Waals surface area contributed by atoms with E-state index in [9.17, 15) is 32.7 Å². The van der Waals surface area contributed by atoms with E-state index < -0.39 is 41.0 Å². The first-order chi connectivity index (χ1) is 26.9. The number of carbonyl (C=O) groups is 4. The van der Waals surface area contributed by atoms with Gasteiger partial charge >= 0.3 is 18.2 Å². The number of β-lactam (4-membered cyclic amide) rings is 1. The molecule has 3 fully saturated rings. The molecule has 6 aliphatic rings. The fraction of sp³-hybridized carbons (Fsp3) is 0.333. The Balaban J connectivity index is 0.000000144. The Bertz CT molecular complexity index is 2160. The van der Waals surface area contributed by atoms with Gasteiger partial charge in [-0.3, -0.25) is 19.6 Å². The summed E-state index contributed by atoms with van der Waals surface area (Å²) in [4.78, 5) is 58.0. The van der Waals surface area contributed by atoms with Crippen LogP contribution in [0.15, 0.2) is 82.8 Å².